The molecule has 0 spiro atoms. The average Bonchev–Trinajstić information content (AvgIpc) is 2.91. The third-order valence-electron chi connectivity index (χ3n) is 4.12. The highest BCUT2D eigenvalue weighted by Gasteiger charge is 2.10. The molecule has 0 aliphatic rings. The molecule has 0 bridgehead atoms. The van der Waals surface area contributed by atoms with Crippen molar-refractivity contribution in [3.05, 3.63) is 65.4 Å². The topological polar surface area (TPSA) is 65.1 Å². The minimum atomic E-state index is -0.437. The van der Waals surface area contributed by atoms with Crippen molar-refractivity contribution in [3.8, 4) is 0 Å². The van der Waals surface area contributed by atoms with Crippen LogP contribution in [-0.2, 0) is 17.6 Å². The lowest BCUT2D eigenvalue weighted by Gasteiger charge is -2.11. The predicted octanol–water partition coefficient (Wildman–Crippen LogP) is 3.58. The highest BCUT2D eigenvalue weighted by molar-refractivity contribution is 6.01. The number of carbonyl (C=O) groups excluding carboxylic acids is 1. The molecule has 4 nitrogen and oxygen atoms in total. The molecule has 4 heteroatoms. The van der Waals surface area contributed by atoms with Gasteiger partial charge in [0.15, 0.2) is 0 Å². The first kappa shape index (κ1) is 16.3. The second-order valence-electron chi connectivity index (χ2n) is 6.31. The van der Waals surface area contributed by atoms with Crippen LogP contribution in [0.15, 0.2) is 48.7 Å². The summed E-state index contributed by atoms with van der Waals surface area (Å²) in [6.07, 6.45) is 2.56. The standard InChI is InChI=1S/C20H22N2O2/c1-13-3-5-15(6-4-13)9-17(24)10-16-7-8-19-18(11-16)20(12-21-19)22-14(2)23/h3-8,11-12,17,21,24H,9-10H2,1-2H3,(H,22,23). The van der Waals surface area contributed by atoms with Crippen LogP contribution in [0.3, 0.4) is 0 Å². The number of amides is 1. The first-order valence-corrected chi connectivity index (χ1v) is 8.12. The van der Waals surface area contributed by atoms with E-state index in [-0.39, 0.29) is 5.91 Å². The molecule has 0 saturated carbocycles. The summed E-state index contributed by atoms with van der Waals surface area (Å²) in [6, 6.07) is 14.3. The molecule has 3 aromatic rings. The van der Waals surface area contributed by atoms with Crippen LogP contribution in [0.2, 0.25) is 0 Å². The molecule has 1 atom stereocenters. The summed E-state index contributed by atoms with van der Waals surface area (Å²) >= 11 is 0. The van der Waals surface area contributed by atoms with Gasteiger partial charge >= 0.3 is 0 Å². The maximum Gasteiger partial charge on any atom is 0.221 e. The van der Waals surface area contributed by atoms with Crippen molar-refractivity contribution >= 4 is 22.5 Å². The Morgan fingerprint density at radius 2 is 1.79 bits per heavy atom. The SMILES string of the molecule is CC(=O)Nc1c[nH]c2ccc(CC(O)Cc3ccc(C)cc3)cc12. The number of H-pyrrole nitrogens is 1. The molecule has 0 aliphatic carbocycles. The van der Waals surface area contributed by atoms with Crippen LogP contribution in [0, 0.1) is 6.92 Å². The molecular formula is C20H22N2O2. The van der Waals surface area contributed by atoms with E-state index in [1.54, 1.807) is 6.20 Å². The Morgan fingerprint density at radius 1 is 1.12 bits per heavy atom. The molecule has 124 valence electrons. The van der Waals surface area contributed by atoms with E-state index < -0.39 is 6.10 Å². The molecule has 0 aliphatic heterocycles. The summed E-state index contributed by atoms with van der Waals surface area (Å²) in [5.74, 6) is -0.0966. The first-order chi connectivity index (χ1) is 11.5. The number of aromatic nitrogens is 1. The fourth-order valence-electron chi connectivity index (χ4n) is 2.93. The number of carbonyl (C=O) groups is 1. The maximum atomic E-state index is 11.3. The third-order valence-corrected chi connectivity index (χ3v) is 4.12. The van der Waals surface area contributed by atoms with Crippen LogP contribution >= 0.6 is 0 Å². The van der Waals surface area contributed by atoms with Crippen molar-refractivity contribution < 1.29 is 9.90 Å². The number of benzene rings is 2. The molecule has 1 aromatic heterocycles. The maximum absolute atomic E-state index is 11.3. The quantitative estimate of drug-likeness (QED) is 0.672. The summed E-state index contributed by atoms with van der Waals surface area (Å²) in [4.78, 5) is 14.4. The van der Waals surface area contributed by atoms with Gasteiger partial charge in [0.25, 0.3) is 0 Å². The summed E-state index contributed by atoms with van der Waals surface area (Å²) in [6.45, 7) is 3.55. The fraction of sp³-hybridized carbons (Fsp3) is 0.250. The Labute approximate surface area is 141 Å². The summed E-state index contributed by atoms with van der Waals surface area (Å²) in [5, 5.41) is 14.2. The van der Waals surface area contributed by atoms with E-state index in [0.29, 0.717) is 12.8 Å². The zero-order valence-corrected chi connectivity index (χ0v) is 14.0. The minimum Gasteiger partial charge on any atom is -0.392 e. The lowest BCUT2D eigenvalue weighted by Crippen LogP contribution is -2.14. The molecule has 0 fully saturated rings. The molecule has 0 saturated heterocycles. The molecule has 3 rings (SSSR count). The number of aliphatic hydroxyl groups is 1. The van der Waals surface area contributed by atoms with E-state index in [0.717, 1.165) is 27.7 Å². The highest BCUT2D eigenvalue weighted by Crippen LogP contribution is 2.25. The van der Waals surface area contributed by atoms with Crippen molar-refractivity contribution in [3.63, 3.8) is 0 Å². The van der Waals surface area contributed by atoms with Crippen LogP contribution in [0.4, 0.5) is 5.69 Å². The monoisotopic (exact) mass is 322 g/mol. The number of anilines is 1. The lowest BCUT2D eigenvalue weighted by molar-refractivity contribution is -0.114. The zero-order chi connectivity index (χ0) is 17.1. The molecule has 1 heterocycles. The van der Waals surface area contributed by atoms with Gasteiger partial charge in [0.05, 0.1) is 11.8 Å². The summed E-state index contributed by atoms with van der Waals surface area (Å²) in [5.41, 5.74) is 5.14. The second-order valence-corrected chi connectivity index (χ2v) is 6.31. The number of hydrogen-bond acceptors (Lipinski definition) is 2. The number of fused-ring (bicyclic) bond motifs is 1. The van der Waals surface area contributed by atoms with Crippen LogP contribution in [0.1, 0.15) is 23.6 Å². The van der Waals surface area contributed by atoms with E-state index in [9.17, 15) is 9.90 Å². The zero-order valence-electron chi connectivity index (χ0n) is 14.0. The van der Waals surface area contributed by atoms with Gasteiger partial charge in [-0.3, -0.25) is 4.79 Å². The number of nitrogens with one attached hydrogen (secondary N) is 2. The average molecular weight is 322 g/mol. The summed E-state index contributed by atoms with van der Waals surface area (Å²) in [7, 11) is 0. The number of aryl methyl sites for hydroxylation is 1. The number of aromatic amines is 1. The molecule has 2 aromatic carbocycles. The van der Waals surface area contributed by atoms with Crippen molar-refractivity contribution in [1.29, 1.82) is 0 Å². The Morgan fingerprint density at radius 3 is 2.50 bits per heavy atom. The highest BCUT2D eigenvalue weighted by atomic mass is 16.3. The summed E-state index contributed by atoms with van der Waals surface area (Å²) < 4.78 is 0. The Hall–Kier alpha value is -2.59. The van der Waals surface area contributed by atoms with Gasteiger partial charge in [0.1, 0.15) is 0 Å². The smallest absolute Gasteiger partial charge is 0.221 e. The van der Waals surface area contributed by atoms with Gasteiger partial charge in [-0.25, -0.2) is 0 Å². The van der Waals surface area contributed by atoms with E-state index in [2.05, 4.69) is 41.5 Å². The van der Waals surface area contributed by atoms with Gasteiger partial charge in [-0.05, 0) is 43.0 Å². The Bertz CT molecular complexity index is 850. The van der Waals surface area contributed by atoms with Gasteiger partial charge in [0, 0.05) is 24.0 Å². The van der Waals surface area contributed by atoms with E-state index in [1.165, 1.54) is 12.5 Å². The molecule has 1 unspecified atom stereocenters. The largest absolute Gasteiger partial charge is 0.392 e. The van der Waals surface area contributed by atoms with Crippen molar-refractivity contribution in [2.45, 2.75) is 32.8 Å². The van der Waals surface area contributed by atoms with E-state index in [4.69, 9.17) is 0 Å². The number of aliphatic hydroxyl groups excluding tert-OH is 1. The van der Waals surface area contributed by atoms with Gasteiger partial charge in [-0.1, -0.05) is 35.9 Å². The Balaban J connectivity index is 1.74. The van der Waals surface area contributed by atoms with Gasteiger partial charge in [-0.2, -0.15) is 0 Å². The number of hydrogen-bond donors (Lipinski definition) is 3. The lowest BCUT2D eigenvalue weighted by atomic mass is 10.00. The molecule has 24 heavy (non-hydrogen) atoms. The van der Waals surface area contributed by atoms with Crippen LogP contribution in [-0.4, -0.2) is 22.1 Å². The number of rotatable bonds is 5. The molecular weight excluding hydrogens is 300 g/mol. The van der Waals surface area contributed by atoms with E-state index in [1.807, 2.05) is 18.2 Å². The van der Waals surface area contributed by atoms with Crippen molar-refractivity contribution in [2.24, 2.45) is 0 Å². The third kappa shape index (κ3) is 3.84. The first-order valence-electron chi connectivity index (χ1n) is 8.12. The predicted molar refractivity (Wildman–Crippen MR) is 97.2 cm³/mol. The second kappa shape index (κ2) is 6.89. The molecule has 1 amide bonds. The van der Waals surface area contributed by atoms with Crippen molar-refractivity contribution in [2.75, 3.05) is 5.32 Å². The van der Waals surface area contributed by atoms with Crippen molar-refractivity contribution in [1.82, 2.24) is 4.98 Å². The Kier molecular flexibility index (Phi) is 4.67. The molecule has 3 N–H and O–H groups in total. The van der Waals surface area contributed by atoms with Gasteiger partial charge in [0.2, 0.25) is 5.91 Å². The normalized spacial score (nSPS) is 12.3. The van der Waals surface area contributed by atoms with Crippen LogP contribution in [0.5, 0.6) is 0 Å². The van der Waals surface area contributed by atoms with Gasteiger partial charge < -0.3 is 15.4 Å². The van der Waals surface area contributed by atoms with Crippen LogP contribution < -0.4 is 5.32 Å². The van der Waals surface area contributed by atoms with Crippen LogP contribution in [0.25, 0.3) is 10.9 Å². The molecule has 0 radical (unpaired) electrons. The van der Waals surface area contributed by atoms with Gasteiger partial charge in [-0.15, -0.1) is 0 Å². The van der Waals surface area contributed by atoms with E-state index >= 15 is 0 Å². The fourth-order valence-corrected chi connectivity index (χ4v) is 2.93. The minimum absolute atomic E-state index is 0.0966.